The minimum Gasteiger partial charge on any atom is -0.291 e. The third kappa shape index (κ3) is 5.58. The second-order valence-electron chi connectivity index (χ2n) is 5.30. The number of nitrogens with zero attached hydrogens (tertiary/aromatic N) is 3. The Morgan fingerprint density at radius 1 is 0.957 bits per heavy atom. The van der Waals surface area contributed by atoms with Crippen LogP contribution in [-0.4, -0.2) is 11.6 Å². The van der Waals surface area contributed by atoms with Crippen LogP contribution in [0.5, 0.6) is 0 Å². The average Bonchev–Trinajstić information content (AvgIpc) is 2.58. The van der Waals surface area contributed by atoms with Gasteiger partial charge in [0.15, 0.2) is 5.78 Å². The number of carbonyl (C=O) groups is 1. The highest BCUT2D eigenvalue weighted by Crippen LogP contribution is 2.16. The predicted molar refractivity (Wildman–Crippen MR) is 93.8 cm³/mol. The molecule has 0 atom stereocenters. The van der Waals surface area contributed by atoms with Crippen molar-refractivity contribution in [1.82, 2.24) is 0 Å². The minimum absolute atomic E-state index is 0.107. The molecule has 0 unspecified atom stereocenters. The molecule has 23 heavy (non-hydrogen) atoms. The Bertz CT molecular complexity index is 688. The lowest BCUT2D eigenvalue weighted by atomic mass is 10.1. The van der Waals surface area contributed by atoms with Crippen LogP contribution in [0.15, 0.2) is 69.8 Å². The molecule has 4 nitrogen and oxygen atoms in total. The van der Waals surface area contributed by atoms with Gasteiger partial charge in [-0.1, -0.05) is 43.7 Å². The highest BCUT2D eigenvalue weighted by Gasteiger charge is 2.05. The lowest BCUT2D eigenvalue weighted by molar-refractivity contribution is -0.111. The second kappa shape index (κ2) is 8.73. The average molecular weight is 307 g/mol. The van der Waals surface area contributed by atoms with Crippen molar-refractivity contribution in [1.29, 1.82) is 0 Å². The Kier molecular flexibility index (Phi) is 6.36. The SMILES string of the molecule is CCCCc1ccc(N=C(N=Nc2ccccc2)C(C)=O)cc1. The molecule has 0 radical (unpaired) electrons. The summed E-state index contributed by atoms with van der Waals surface area (Å²) in [4.78, 5) is 16.0. The third-order valence-electron chi connectivity index (χ3n) is 3.32. The largest absolute Gasteiger partial charge is 0.291 e. The molecule has 0 fully saturated rings. The zero-order valence-corrected chi connectivity index (χ0v) is 13.6. The Morgan fingerprint density at radius 2 is 1.65 bits per heavy atom. The van der Waals surface area contributed by atoms with E-state index in [4.69, 9.17) is 0 Å². The maximum atomic E-state index is 11.7. The molecular weight excluding hydrogens is 286 g/mol. The minimum atomic E-state index is -0.209. The smallest absolute Gasteiger partial charge is 0.218 e. The normalized spacial score (nSPS) is 11.8. The Labute approximate surface area is 137 Å². The number of azo groups is 1. The van der Waals surface area contributed by atoms with E-state index in [0.29, 0.717) is 11.4 Å². The van der Waals surface area contributed by atoms with Gasteiger partial charge in [-0.25, -0.2) is 4.99 Å². The maximum Gasteiger partial charge on any atom is 0.218 e. The molecule has 4 heteroatoms. The Hall–Kier alpha value is -2.62. The van der Waals surface area contributed by atoms with Crippen LogP contribution in [0, 0.1) is 0 Å². The molecule has 118 valence electrons. The van der Waals surface area contributed by atoms with Crippen LogP contribution < -0.4 is 0 Å². The lowest BCUT2D eigenvalue weighted by Crippen LogP contribution is -2.05. The number of aryl methyl sites for hydroxylation is 1. The summed E-state index contributed by atoms with van der Waals surface area (Å²) in [7, 11) is 0. The second-order valence-corrected chi connectivity index (χ2v) is 5.30. The predicted octanol–water partition coefficient (Wildman–Crippen LogP) is 5.43. The van der Waals surface area contributed by atoms with E-state index in [0.717, 1.165) is 6.42 Å². The summed E-state index contributed by atoms with van der Waals surface area (Å²) in [6.45, 7) is 3.62. The summed E-state index contributed by atoms with van der Waals surface area (Å²) in [5, 5.41) is 8.04. The fourth-order valence-electron chi connectivity index (χ4n) is 2.01. The van der Waals surface area contributed by atoms with Crippen molar-refractivity contribution in [3.05, 3.63) is 60.2 Å². The molecule has 0 aromatic heterocycles. The number of ketones is 1. The van der Waals surface area contributed by atoms with Crippen molar-refractivity contribution in [2.75, 3.05) is 0 Å². The van der Waals surface area contributed by atoms with E-state index in [1.165, 1.54) is 25.3 Å². The zero-order chi connectivity index (χ0) is 16.5. The number of hydrogen-bond donors (Lipinski definition) is 0. The number of unbranched alkanes of at least 4 members (excludes halogenated alkanes) is 1. The van der Waals surface area contributed by atoms with Crippen LogP contribution in [0.25, 0.3) is 0 Å². The molecule has 2 aromatic rings. The topological polar surface area (TPSA) is 54.1 Å². The third-order valence-corrected chi connectivity index (χ3v) is 3.32. The number of benzene rings is 2. The summed E-state index contributed by atoms with van der Waals surface area (Å²) in [6.07, 6.45) is 3.41. The fourth-order valence-corrected chi connectivity index (χ4v) is 2.01. The molecule has 0 amide bonds. The number of amidine groups is 1. The van der Waals surface area contributed by atoms with Gasteiger partial charge in [0.05, 0.1) is 11.4 Å². The first-order chi connectivity index (χ1) is 11.2. The van der Waals surface area contributed by atoms with Gasteiger partial charge in [-0.15, -0.1) is 10.2 Å². The van der Waals surface area contributed by atoms with Gasteiger partial charge in [0, 0.05) is 6.92 Å². The Balaban J connectivity index is 2.15. The molecule has 0 aliphatic heterocycles. The van der Waals surface area contributed by atoms with E-state index in [9.17, 15) is 4.79 Å². The van der Waals surface area contributed by atoms with E-state index >= 15 is 0 Å². The molecule has 0 N–H and O–H groups in total. The highest BCUT2D eigenvalue weighted by atomic mass is 16.1. The van der Waals surface area contributed by atoms with Crippen molar-refractivity contribution >= 4 is 23.0 Å². The van der Waals surface area contributed by atoms with Gasteiger partial charge in [0.25, 0.3) is 0 Å². The molecule has 0 heterocycles. The van der Waals surface area contributed by atoms with Crippen molar-refractivity contribution in [3.63, 3.8) is 0 Å². The molecule has 0 aliphatic carbocycles. The number of carbonyl (C=O) groups excluding carboxylic acids is 1. The molecule has 2 rings (SSSR count). The van der Waals surface area contributed by atoms with Crippen LogP contribution >= 0.6 is 0 Å². The molecule has 0 saturated carbocycles. The van der Waals surface area contributed by atoms with Gasteiger partial charge < -0.3 is 0 Å². The van der Waals surface area contributed by atoms with E-state index in [1.807, 2.05) is 54.6 Å². The van der Waals surface area contributed by atoms with Crippen LogP contribution in [0.1, 0.15) is 32.3 Å². The summed E-state index contributed by atoms with van der Waals surface area (Å²) in [6, 6.07) is 17.2. The van der Waals surface area contributed by atoms with Crippen molar-refractivity contribution in [3.8, 4) is 0 Å². The summed E-state index contributed by atoms with van der Waals surface area (Å²) in [5.41, 5.74) is 2.68. The van der Waals surface area contributed by atoms with Gasteiger partial charge in [0.2, 0.25) is 5.84 Å². The molecule has 0 bridgehead atoms. The fraction of sp³-hybridized carbons (Fsp3) is 0.263. The first kappa shape index (κ1) is 16.7. The van der Waals surface area contributed by atoms with Crippen molar-refractivity contribution < 1.29 is 4.79 Å². The molecule has 2 aromatic carbocycles. The number of Topliss-reactive ketones (excluding diaryl/α,β-unsaturated/α-hetero) is 1. The van der Waals surface area contributed by atoms with E-state index < -0.39 is 0 Å². The monoisotopic (exact) mass is 307 g/mol. The molecule has 0 aliphatic rings. The van der Waals surface area contributed by atoms with Gasteiger partial charge in [-0.05, 0) is 42.7 Å². The van der Waals surface area contributed by atoms with E-state index in [2.05, 4.69) is 22.1 Å². The van der Waals surface area contributed by atoms with Crippen LogP contribution in [0.3, 0.4) is 0 Å². The lowest BCUT2D eigenvalue weighted by Gasteiger charge is -2.01. The van der Waals surface area contributed by atoms with Crippen LogP contribution in [0.2, 0.25) is 0 Å². The summed E-state index contributed by atoms with van der Waals surface area (Å²) < 4.78 is 0. The standard InChI is InChI=1S/C19H21N3O/c1-3-4-8-16-11-13-17(14-12-16)20-19(15(2)23)22-21-18-9-6-5-7-10-18/h5-7,9-14H,3-4,8H2,1-2H3. The molecule has 0 saturated heterocycles. The molecule has 0 spiro atoms. The number of hydrogen-bond acceptors (Lipinski definition) is 3. The van der Waals surface area contributed by atoms with Gasteiger partial charge in [0.1, 0.15) is 0 Å². The quantitative estimate of drug-likeness (QED) is 0.398. The zero-order valence-electron chi connectivity index (χ0n) is 13.6. The van der Waals surface area contributed by atoms with Crippen molar-refractivity contribution in [2.45, 2.75) is 33.1 Å². The van der Waals surface area contributed by atoms with Gasteiger partial charge >= 0.3 is 0 Å². The first-order valence-corrected chi connectivity index (χ1v) is 7.84. The van der Waals surface area contributed by atoms with Crippen molar-refractivity contribution in [2.24, 2.45) is 15.2 Å². The number of aliphatic imine (C=N–C) groups is 1. The van der Waals surface area contributed by atoms with E-state index in [1.54, 1.807) is 0 Å². The highest BCUT2D eigenvalue weighted by molar-refractivity contribution is 6.38. The van der Waals surface area contributed by atoms with Crippen LogP contribution in [0.4, 0.5) is 11.4 Å². The van der Waals surface area contributed by atoms with Gasteiger partial charge in [-0.3, -0.25) is 4.79 Å². The maximum absolute atomic E-state index is 11.7. The Morgan fingerprint density at radius 3 is 2.26 bits per heavy atom. The van der Waals surface area contributed by atoms with Gasteiger partial charge in [-0.2, -0.15) is 0 Å². The number of rotatable bonds is 6. The molecular formula is C19H21N3O. The first-order valence-electron chi connectivity index (χ1n) is 7.84. The van der Waals surface area contributed by atoms with E-state index in [-0.39, 0.29) is 11.6 Å². The summed E-state index contributed by atoms with van der Waals surface area (Å²) in [5.74, 6) is -0.102. The van der Waals surface area contributed by atoms with Crippen LogP contribution in [-0.2, 0) is 11.2 Å². The summed E-state index contributed by atoms with van der Waals surface area (Å²) >= 11 is 0.